The normalized spacial score (nSPS) is 15.5. The van der Waals surface area contributed by atoms with E-state index in [2.05, 4.69) is 83.6 Å². The van der Waals surface area contributed by atoms with Gasteiger partial charge in [0.2, 0.25) is 23.7 Å². The number of likely N-dealkylation sites (tertiary alicyclic amines) is 1. The molecule has 0 aromatic carbocycles. The number of hydrogen-bond donors (Lipinski definition) is 4. The van der Waals surface area contributed by atoms with Gasteiger partial charge in [-0.3, -0.25) is 18.7 Å². The molecule has 0 amide bonds. The molecule has 4 N–H and O–H groups in total. The van der Waals surface area contributed by atoms with E-state index in [1.165, 1.54) is 19.3 Å². The Morgan fingerprint density at radius 3 is 2.03 bits per heavy atom. The van der Waals surface area contributed by atoms with Crippen molar-refractivity contribution in [3.8, 4) is 5.88 Å². The van der Waals surface area contributed by atoms with Crippen molar-refractivity contribution in [3.63, 3.8) is 0 Å². The van der Waals surface area contributed by atoms with Crippen molar-refractivity contribution >= 4 is 99.6 Å². The van der Waals surface area contributed by atoms with Crippen molar-refractivity contribution < 1.29 is 14.6 Å². The van der Waals surface area contributed by atoms with Crippen LogP contribution in [0, 0.1) is 6.92 Å². The fourth-order valence-electron chi connectivity index (χ4n) is 7.61. The molecule has 1 atom stereocenters. The number of piperidine rings is 1. The molecule has 1 unspecified atom stereocenters. The highest BCUT2D eigenvalue weighted by atomic mass is 79.9. The van der Waals surface area contributed by atoms with Crippen LogP contribution in [-0.4, -0.2) is 114 Å². The van der Waals surface area contributed by atoms with Crippen molar-refractivity contribution in [1.29, 1.82) is 0 Å². The summed E-state index contributed by atoms with van der Waals surface area (Å²) in [5.41, 5.74) is 2.72. The molecule has 2 aliphatic heterocycles. The second-order valence-electron chi connectivity index (χ2n) is 14.9. The van der Waals surface area contributed by atoms with Crippen LogP contribution in [0.4, 0.5) is 23.7 Å². The van der Waals surface area contributed by atoms with Gasteiger partial charge >= 0.3 is 0 Å². The van der Waals surface area contributed by atoms with Gasteiger partial charge in [-0.1, -0.05) is 22.4 Å². The predicted octanol–water partition coefficient (Wildman–Crippen LogP) is 5.86. The highest BCUT2D eigenvalue weighted by molar-refractivity contribution is 9.12. The molecule has 0 bridgehead atoms. The lowest BCUT2D eigenvalue weighted by Gasteiger charge is -2.34. The van der Waals surface area contributed by atoms with Crippen molar-refractivity contribution in [2.45, 2.75) is 79.3 Å². The fourth-order valence-corrected chi connectivity index (χ4v) is 8.97. The first-order valence-electron chi connectivity index (χ1n) is 21.1. The Morgan fingerprint density at radius 2 is 1.35 bits per heavy atom. The Hall–Kier alpha value is -4.28. The third-order valence-corrected chi connectivity index (χ3v) is 12.4. The Bertz CT molecular complexity index is 2570. The Labute approximate surface area is 384 Å². The average Bonchev–Trinajstić information content (AvgIpc) is 3.25. The molecule has 0 saturated carbocycles. The van der Waals surface area contributed by atoms with E-state index in [4.69, 9.17) is 24.4 Å². The first-order valence-corrected chi connectivity index (χ1v) is 23.4. The number of hydrogen-bond acceptors (Lipinski definition) is 16. The fraction of sp³-hybridized carbons (Fsp3) is 0.512. The topological polar surface area (TPSA) is 203 Å². The lowest BCUT2D eigenvalue weighted by molar-refractivity contribution is 0.115. The van der Waals surface area contributed by atoms with Gasteiger partial charge in [0.1, 0.15) is 17.1 Å². The van der Waals surface area contributed by atoms with Crippen molar-refractivity contribution in [1.82, 2.24) is 43.9 Å². The van der Waals surface area contributed by atoms with Gasteiger partial charge in [0.05, 0.1) is 45.7 Å². The first kappa shape index (κ1) is 45.7. The number of pyridine rings is 2. The minimum atomic E-state index is -1.05. The maximum Gasteiger partial charge on any atom is 0.266 e. The number of aliphatic hydroxyl groups excluding tert-OH is 1. The quantitative estimate of drug-likeness (QED) is 0.0716. The number of aryl methyl sites for hydroxylation is 2. The highest BCUT2D eigenvalue weighted by Crippen LogP contribution is 2.38. The van der Waals surface area contributed by atoms with Gasteiger partial charge in [0.25, 0.3) is 11.1 Å². The van der Waals surface area contributed by atoms with Crippen LogP contribution in [0.15, 0.2) is 35.1 Å². The van der Waals surface area contributed by atoms with E-state index >= 15 is 0 Å². The number of anilines is 4. The Morgan fingerprint density at radius 1 is 0.742 bits per heavy atom. The maximum atomic E-state index is 13.5. The van der Waals surface area contributed by atoms with Gasteiger partial charge in [-0.25, -0.2) is 9.97 Å². The number of fused-ring (bicyclic) bond motifs is 3. The van der Waals surface area contributed by atoms with Crippen LogP contribution in [0.5, 0.6) is 5.88 Å². The summed E-state index contributed by atoms with van der Waals surface area (Å²) >= 11 is 10.5. The monoisotopic (exact) mass is 1040 g/mol. The van der Waals surface area contributed by atoms with Crippen molar-refractivity contribution in [2.24, 2.45) is 0 Å². The summed E-state index contributed by atoms with van der Waals surface area (Å²) in [7, 11) is 0. The number of ether oxygens (including phenoxy) is 2. The van der Waals surface area contributed by atoms with Gasteiger partial charge < -0.3 is 40.3 Å². The summed E-state index contributed by atoms with van der Waals surface area (Å²) in [6.07, 6.45) is 4.74. The molecule has 0 spiro atoms. The molecule has 0 aliphatic carbocycles. The average molecular weight is 1050 g/mol. The maximum absolute atomic E-state index is 13.5. The lowest BCUT2D eigenvalue weighted by atomic mass is 10.1. The van der Waals surface area contributed by atoms with Gasteiger partial charge in [-0.2, -0.15) is 19.9 Å². The molecule has 7 rings (SSSR count). The van der Waals surface area contributed by atoms with E-state index in [9.17, 15) is 14.7 Å². The Balaban J connectivity index is 1.08. The zero-order valence-corrected chi connectivity index (χ0v) is 40.1. The van der Waals surface area contributed by atoms with Gasteiger partial charge in [-0.05, 0) is 110 Å². The first-order chi connectivity index (χ1) is 30.0. The van der Waals surface area contributed by atoms with Crippen LogP contribution >= 0.6 is 47.8 Å². The molecule has 1 saturated heterocycles. The molecule has 62 heavy (non-hydrogen) atoms. The predicted molar refractivity (Wildman–Crippen MR) is 253 cm³/mol. The number of aliphatic hydroxyl groups is 1. The van der Waals surface area contributed by atoms with E-state index in [1.54, 1.807) is 32.2 Å². The van der Waals surface area contributed by atoms with E-state index in [1.807, 2.05) is 27.7 Å². The molecule has 0 radical (unpaired) electrons. The number of nitrogens with one attached hydrogen (secondary N) is 3. The Kier molecular flexibility index (Phi) is 15.4. The molecule has 1 fully saturated rings. The van der Waals surface area contributed by atoms with E-state index < -0.39 is 6.23 Å². The molecular weight excluding hydrogens is 994 g/mol. The summed E-state index contributed by atoms with van der Waals surface area (Å²) in [6, 6.07) is 3.53. The van der Waals surface area contributed by atoms with Crippen molar-refractivity contribution in [2.75, 3.05) is 79.9 Å². The van der Waals surface area contributed by atoms with E-state index in [0.717, 1.165) is 36.1 Å². The SMILES string of the molecule is CCNc1nc(OCCCn2c(=O)c(Br)cc3c(C)nc(NCC)nc32)c2c(n1)N(CCOCc1nc(NCC)nc3c1cc(Br)c(=O)n3CCN1CCCCC1)C(O)C(Br)=C2. The molecule has 2 aliphatic rings. The zero-order chi connectivity index (χ0) is 43.9. The van der Waals surface area contributed by atoms with Gasteiger partial charge in [0, 0.05) is 61.1 Å². The number of rotatable bonds is 19. The molecule has 5 aromatic heterocycles. The minimum absolute atomic E-state index is 0.126. The van der Waals surface area contributed by atoms with Crippen LogP contribution in [0.1, 0.15) is 63.4 Å². The van der Waals surface area contributed by atoms with E-state index in [0.29, 0.717) is 105 Å². The van der Waals surface area contributed by atoms with Crippen LogP contribution in [-0.2, 0) is 24.4 Å². The van der Waals surface area contributed by atoms with E-state index in [-0.39, 0.29) is 37.5 Å². The van der Waals surface area contributed by atoms with Crippen LogP contribution in [0.3, 0.4) is 0 Å². The third kappa shape index (κ3) is 10.2. The summed E-state index contributed by atoms with van der Waals surface area (Å²) in [5.74, 6) is 2.00. The van der Waals surface area contributed by atoms with Gasteiger partial charge in [0.15, 0.2) is 6.23 Å². The largest absolute Gasteiger partial charge is 0.477 e. The smallest absolute Gasteiger partial charge is 0.266 e. The third-order valence-electron chi connectivity index (χ3n) is 10.6. The second-order valence-corrected chi connectivity index (χ2v) is 17.6. The molecule has 21 heteroatoms. The summed E-state index contributed by atoms with van der Waals surface area (Å²) in [5, 5.41) is 22.5. The van der Waals surface area contributed by atoms with Crippen LogP contribution < -0.4 is 36.7 Å². The molecule has 18 nitrogen and oxygen atoms in total. The molecule has 332 valence electrons. The van der Waals surface area contributed by atoms with Gasteiger partial charge in [-0.15, -0.1) is 0 Å². The zero-order valence-electron chi connectivity index (χ0n) is 35.3. The number of aromatic nitrogens is 8. The molecule has 5 aromatic rings. The number of nitrogens with zero attached hydrogens (tertiary/aromatic N) is 10. The van der Waals surface area contributed by atoms with Crippen LogP contribution in [0.25, 0.3) is 28.1 Å². The summed E-state index contributed by atoms with van der Waals surface area (Å²) in [6.45, 7) is 14.0. The highest BCUT2D eigenvalue weighted by Gasteiger charge is 2.31. The second kappa shape index (κ2) is 20.9. The standard InChI is InChI=1S/C41H52Br3N13O5/c1-5-45-39-48-24(4)25-20-28(42)36(58)55(32(25)50-39)14-11-18-62-35-27-22-30(44)38(60)57(34(27)52-41(53-35)47-7-3)17-19-61-23-31-26-21-29(43)37(59)56(16-15-54-12-9-8-10-13-54)33(26)51-40(49-31)46-6-2/h20-22,38,60H,5-19,23H2,1-4H3,(H,45,48,50)(H,46,49,51)(H,47,52,53). The van der Waals surface area contributed by atoms with Crippen LogP contribution in [0.2, 0.25) is 0 Å². The lowest BCUT2D eigenvalue weighted by Crippen LogP contribution is -2.41. The molecule has 7 heterocycles. The number of halogens is 3. The minimum Gasteiger partial charge on any atom is -0.477 e. The summed E-state index contributed by atoms with van der Waals surface area (Å²) in [4.78, 5) is 59.1. The molecular formula is C41H52Br3N13O5. The van der Waals surface area contributed by atoms with Crippen molar-refractivity contribution in [3.05, 3.63) is 63.2 Å². The summed E-state index contributed by atoms with van der Waals surface area (Å²) < 4.78 is 17.3.